The molecule has 1 rings (SSSR count). The second-order valence-electron chi connectivity index (χ2n) is 2.62. The molecule has 0 amide bonds. The summed E-state index contributed by atoms with van der Waals surface area (Å²) >= 11 is 0. The average Bonchev–Trinajstić information content (AvgIpc) is 2.66. The largest absolute Gasteiger partial charge is 0.467 e. The molecule has 0 radical (unpaired) electrons. The van der Waals surface area contributed by atoms with Crippen LogP contribution in [0.3, 0.4) is 0 Å². The molecule has 0 fully saturated rings. The number of likely N-dealkylation sites (N-methyl/N-ethyl adjacent to an activating group) is 1. The highest BCUT2D eigenvalue weighted by molar-refractivity contribution is 5.05. The molecule has 1 atom stereocenters. The topological polar surface area (TPSA) is 43.6 Å². The lowest BCUT2D eigenvalue weighted by molar-refractivity contribution is -0.126. The van der Waals surface area contributed by atoms with E-state index < -0.39 is 0 Å². The van der Waals surface area contributed by atoms with Gasteiger partial charge in [-0.3, -0.25) is 0 Å². The fourth-order valence-corrected chi connectivity index (χ4v) is 1.25. The van der Waals surface area contributed by atoms with E-state index in [-0.39, 0.29) is 12.3 Å². The Labute approximate surface area is 77.8 Å². The monoisotopic (exact) mass is 185 g/mol. The molecule has 0 saturated carbocycles. The third-order valence-electron chi connectivity index (χ3n) is 1.90. The van der Waals surface area contributed by atoms with Crippen LogP contribution < -0.4 is 5.32 Å². The number of ether oxygens (including phenoxy) is 2. The molecule has 0 aromatic carbocycles. The van der Waals surface area contributed by atoms with Crippen LogP contribution in [0.2, 0.25) is 0 Å². The summed E-state index contributed by atoms with van der Waals surface area (Å²) < 4.78 is 15.5. The minimum atomic E-state index is -0.337. The molecule has 13 heavy (non-hydrogen) atoms. The Morgan fingerprint density at radius 3 is 2.46 bits per heavy atom. The predicted molar refractivity (Wildman–Crippen MR) is 48.3 cm³/mol. The lowest BCUT2D eigenvalue weighted by Gasteiger charge is -2.22. The number of hydrogen-bond acceptors (Lipinski definition) is 4. The highest BCUT2D eigenvalue weighted by atomic mass is 16.7. The van der Waals surface area contributed by atoms with Crippen LogP contribution in [0.15, 0.2) is 22.8 Å². The predicted octanol–water partition coefficient (Wildman–Crippen LogP) is 1.16. The Hall–Kier alpha value is -0.840. The summed E-state index contributed by atoms with van der Waals surface area (Å²) in [6.07, 6.45) is 1.29. The molecule has 1 aromatic heterocycles. The Morgan fingerprint density at radius 1 is 1.38 bits per heavy atom. The maximum atomic E-state index is 5.25. The molecule has 1 heterocycles. The smallest absolute Gasteiger partial charge is 0.179 e. The Bertz CT molecular complexity index is 219. The maximum absolute atomic E-state index is 5.25. The normalized spacial score (nSPS) is 13.5. The first kappa shape index (κ1) is 10.2. The SMILES string of the molecule is CNC(c1ccco1)C(OC)OC. The van der Waals surface area contributed by atoms with E-state index in [4.69, 9.17) is 13.9 Å². The van der Waals surface area contributed by atoms with Crippen LogP contribution in [0.25, 0.3) is 0 Å². The molecule has 0 aliphatic heterocycles. The number of methoxy groups -OCH3 is 2. The summed E-state index contributed by atoms with van der Waals surface area (Å²) in [4.78, 5) is 0. The van der Waals surface area contributed by atoms with Gasteiger partial charge in [-0.05, 0) is 19.2 Å². The summed E-state index contributed by atoms with van der Waals surface area (Å²) in [6, 6.07) is 3.64. The first-order valence-electron chi connectivity index (χ1n) is 4.09. The van der Waals surface area contributed by atoms with Gasteiger partial charge >= 0.3 is 0 Å². The van der Waals surface area contributed by atoms with E-state index >= 15 is 0 Å². The molecule has 0 aliphatic carbocycles. The van der Waals surface area contributed by atoms with Crippen molar-refractivity contribution in [3.05, 3.63) is 24.2 Å². The van der Waals surface area contributed by atoms with Crippen LogP contribution in [0.4, 0.5) is 0 Å². The molecular formula is C9H15NO3. The molecule has 0 bridgehead atoms. The average molecular weight is 185 g/mol. The lowest BCUT2D eigenvalue weighted by Crippen LogP contribution is -2.31. The summed E-state index contributed by atoms with van der Waals surface area (Å²) in [5.41, 5.74) is 0. The standard InChI is InChI=1S/C9H15NO3/c1-10-8(9(11-2)12-3)7-5-4-6-13-7/h4-6,8-10H,1-3H3. The second-order valence-corrected chi connectivity index (χ2v) is 2.62. The van der Waals surface area contributed by atoms with Gasteiger partial charge in [-0.1, -0.05) is 0 Å². The molecule has 0 saturated heterocycles. The van der Waals surface area contributed by atoms with Crippen LogP contribution in [0.1, 0.15) is 11.8 Å². The van der Waals surface area contributed by atoms with Crippen molar-refractivity contribution in [1.82, 2.24) is 5.32 Å². The van der Waals surface area contributed by atoms with Crippen molar-refractivity contribution in [2.45, 2.75) is 12.3 Å². The minimum absolute atomic E-state index is 0.0787. The summed E-state index contributed by atoms with van der Waals surface area (Å²) in [7, 11) is 5.03. The van der Waals surface area contributed by atoms with Crippen molar-refractivity contribution in [2.24, 2.45) is 0 Å². The molecular weight excluding hydrogens is 170 g/mol. The number of furan rings is 1. The van der Waals surface area contributed by atoms with Gasteiger partial charge in [0.25, 0.3) is 0 Å². The third-order valence-corrected chi connectivity index (χ3v) is 1.90. The molecule has 1 N–H and O–H groups in total. The Kier molecular flexibility index (Phi) is 3.95. The van der Waals surface area contributed by atoms with E-state index in [1.54, 1.807) is 20.5 Å². The van der Waals surface area contributed by atoms with Crippen LogP contribution in [0.5, 0.6) is 0 Å². The van der Waals surface area contributed by atoms with Gasteiger partial charge in [0.15, 0.2) is 6.29 Å². The van der Waals surface area contributed by atoms with E-state index in [2.05, 4.69) is 5.32 Å². The van der Waals surface area contributed by atoms with E-state index in [0.29, 0.717) is 0 Å². The molecule has 74 valence electrons. The van der Waals surface area contributed by atoms with Crippen molar-refractivity contribution in [2.75, 3.05) is 21.3 Å². The van der Waals surface area contributed by atoms with Crippen LogP contribution in [-0.2, 0) is 9.47 Å². The summed E-state index contributed by atoms with van der Waals surface area (Å²) in [5, 5.41) is 3.06. The van der Waals surface area contributed by atoms with Crippen LogP contribution in [0, 0.1) is 0 Å². The second kappa shape index (κ2) is 5.01. The summed E-state index contributed by atoms with van der Waals surface area (Å²) in [5.74, 6) is 0.802. The fourth-order valence-electron chi connectivity index (χ4n) is 1.25. The van der Waals surface area contributed by atoms with Crippen LogP contribution >= 0.6 is 0 Å². The van der Waals surface area contributed by atoms with Gasteiger partial charge in [0.05, 0.1) is 6.26 Å². The van der Waals surface area contributed by atoms with Crippen molar-refractivity contribution in [3.63, 3.8) is 0 Å². The number of nitrogens with one attached hydrogen (secondary N) is 1. The van der Waals surface area contributed by atoms with Crippen molar-refractivity contribution < 1.29 is 13.9 Å². The summed E-state index contributed by atoms with van der Waals surface area (Å²) in [6.45, 7) is 0. The number of hydrogen-bond donors (Lipinski definition) is 1. The number of rotatable bonds is 5. The Morgan fingerprint density at radius 2 is 2.08 bits per heavy atom. The van der Waals surface area contributed by atoms with Gasteiger partial charge < -0.3 is 19.2 Å². The van der Waals surface area contributed by atoms with Crippen molar-refractivity contribution in [1.29, 1.82) is 0 Å². The van der Waals surface area contributed by atoms with Gasteiger partial charge in [0, 0.05) is 14.2 Å². The first-order chi connectivity index (χ1) is 6.33. The zero-order chi connectivity index (χ0) is 9.68. The lowest BCUT2D eigenvalue weighted by atomic mass is 10.2. The van der Waals surface area contributed by atoms with Crippen molar-refractivity contribution >= 4 is 0 Å². The van der Waals surface area contributed by atoms with Crippen molar-refractivity contribution in [3.8, 4) is 0 Å². The molecule has 1 aromatic rings. The van der Waals surface area contributed by atoms with Crippen LogP contribution in [-0.4, -0.2) is 27.6 Å². The van der Waals surface area contributed by atoms with E-state index in [1.165, 1.54) is 0 Å². The van der Waals surface area contributed by atoms with E-state index in [0.717, 1.165) is 5.76 Å². The van der Waals surface area contributed by atoms with E-state index in [9.17, 15) is 0 Å². The van der Waals surface area contributed by atoms with Gasteiger partial charge in [0.1, 0.15) is 11.8 Å². The molecule has 0 spiro atoms. The fraction of sp³-hybridized carbons (Fsp3) is 0.556. The third kappa shape index (κ3) is 2.30. The first-order valence-corrected chi connectivity index (χ1v) is 4.09. The highest BCUT2D eigenvalue weighted by Gasteiger charge is 2.23. The Balaban J connectivity index is 2.72. The van der Waals surface area contributed by atoms with E-state index in [1.807, 2.05) is 19.2 Å². The molecule has 4 nitrogen and oxygen atoms in total. The zero-order valence-electron chi connectivity index (χ0n) is 8.11. The zero-order valence-corrected chi connectivity index (χ0v) is 8.11. The van der Waals surface area contributed by atoms with Gasteiger partial charge in [-0.2, -0.15) is 0 Å². The molecule has 4 heteroatoms. The molecule has 1 unspecified atom stereocenters. The van der Waals surface area contributed by atoms with Gasteiger partial charge in [-0.15, -0.1) is 0 Å². The highest BCUT2D eigenvalue weighted by Crippen LogP contribution is 2.19. The molecule has 0 aliphatic rings. The quantitative estimate of drug-likeness (QED) is 0.699. The van der Waals surface area contributed by atoms with Gasteiger partial charge in [0.2, 0.25) is 0 Å². The van der Waals surface area contributed by atoms with Gasteiger partial charge in [-0.25, -0.2) is 0 Å². The minimum Gasteiger partial charge on any atom is -0.467 e. The maximum Gasteiger partial charge on any atom is 0.179 e.